The lowest BCUT2D eigenvalue weighted by Crippen LogP contribution is -2.29. The first kappa shape index (κ1) is 24.7. The highest BCUT2D eigenvalue weighted by atomic mass is 19.1. The molecule has 1 atom stereocenters. The van der Waals surface area contributed by atoms with Gasteiger partial charge in [-0.1, -0.05) is 42.5 Å². The Kier molecular flexibility index (Phi) is 7.15. The minimum atomic E-state index is -0.977. The van der Waals surface area contributed by atoms with Crippen LogP contribution in [-0.4, -0.2) is 36.5 Å². The van der Waals surface area contributed by atoms with Crippen molar-refractivity contribution in [3.63, 3.8) is 0 Å². The zero-order valence-electron chi connectivity index (χ0n) is 19.7. The zero-order valence-corrected chi connectivity index (χ0v) is 19.7. The molecule has 184 valence electrons. The van der Waals surface area contributed by atoms with Crippen molar-refractivity contribution < 1.29 is 33.4 Å². The molecule has 0 aliphatic carbocycles. The van der Waals surface area contributed by atoms with Gasteiger partial charge in [-0.05, 0) is 48.4 Å². The number of anilines is 1. The third-order valence-electron chi connectivity index (χ3n) is 5.84. The summed E-state index contributed by atoms with van der Waals surface area (Å²) in [7, 11) is 1.36. The molecule has 0 spiro atoms. The Hall–Kier alpha value is -4.46. The van der Waals surface area contributed by atoms with Crippen molar-refractivity contribution in [2.24, 2.45) is 0 Å². The van der Waals surface area contributed by atoms with Gasteiger partial charge in [0.2, 0.25) is 0 Å². The van der Waals surface area contributed by atoms with Gasteiger partial charge >= 0.3 is 5.97 Å². The summed E-state index contributed by atoms with van der Waals surface area (Å²) < 4.78 is 24.3. The van der Waals surface area contributed by atoms with E-state index in [9.17, 15) is 23.9 Å². The van der Waals surface area contributed by atoms with Gasteiger partial charge in [0.1, 0.15) is 17.3 Å². The molecule has 1 saturated heterocycles. The number of ketones is 1. The SMILES string of the molecule is CCOC(=O)Cc1ccc(N2C(=O)C(=O)/C(=C(/O)c3cc(F)ccc3OC)C2c2ccccc2)cc1. The summed E-state index contributed by atoms with van der Waals surface area (Å²) in [5.41, 5.74) is 1.41. The maximum absolute atomic E-state index is 14.1. The number of Topliss-reactive ketones (excluding diaryl/α,β-unsaturated/α-hetero) is 1. The van der Waals surface area contributed by atoms with E-state index in [0.717, 1.165) is 6.07 Å². The van der Waals surface area contributed by atoms with Crippen LogP contribution >= 0.6 is 0 Å². The van der Waals surface area contributed by atoms with Crippen LogP contribution in [0, 0.1) is 5.82 Å². The first-order chi connectivity index (χ1) is 17.3. The van der Waals surface area contributed by atoms with E-state index in [4.69, 9.17) is 9.47 Å². The number of methoxy groups -OCH3 is 1. The van der Waals surface area contributed by atoms with E-state index in [1.54, 1.807) is 61.5 Å². The van der Waals surface area contributed by atoms with Crippen LogP contribution in [0.1, 0.15) is 29.7 Å². The molecule has 1 fully saturated rings. The molecule has 1 aliphatic rings. The van der Waals surface area contributed by atoms with Gasteiger partial charge < -0.3 is 14.6 Å². The average Bonchev–Trinajstić information content (AvgIpc) is 3.15. The fraction of sp³-hybridized carbons (Fsp3) is 0.179. The van der Waals surface area contributed by atoms with Gasteiger partial charge in [-0.25, -0.2) is 4.39 Å². The number of nitrogens with zero attached hydrogens (tertiary/aromatic N) is 1. The number of ether oxygens (including phenoxy) is 2. The van der Waals surface area contributed by atoms with Crippen molar-refractivity contribution in [2.45, 2.75) is 19.4 Å². The van der Waals surface area contributed by atoms with E-state index in [1.807, 2.05) is 0 Å². The standard InChI is InChI=1S/C28H24FNO6/c1-3-36-23(31)15-17-9-12-20(13-10-17)30-25(18-7-5-4-6-8-18)24(27(33)28(30)34)26(32)21-16-19(29)11-14-22(21)35-2/h4-14,16,25,32H,3,15H2,1-2H3/b26-24+. The number of aliphatic hydroxyl groups is 1. The van der Waals surface area contributed by atoms with E-state index < -0.39 is 29.3 Å². The lowest BCUT2D eigenvalue weighted by molar-refractivity contribution is -0.142. The number of hydrogen-bond acceptors (Lipinski definition) is 6. The molecule has 1 N–H and O–H groups in total. The van der Waals surface area contributed by atoms with E-state index >= 15 is 0 Å². The summed E-state index contributed by atoms with van der Waals surface area (Å²) in [5, 5.41) is 11.2. The second-order valence-corrected chi connectivity index (χ2v) is 8.07. The fourth-order valence-corrected chi connectivity index (χ4v) is 4.21. The van der Waals surface area contributed by atoms with Crippen molar-refractivity contribution in [1.29, 1.82) is 0 Å². The van der Waals surface area contributed by atoms with E-state index in [2.05, 4.69) is 0 Å². The first-order valence-corrected chi connectivity index (χ1v) is 11.3. The molecule has 1 unspecified atom stereocenters. The first-order valence-electron chi connectivity index (χ1n) is 11.3. The van der Waals surface area contributed by atoms with Crippen LogP contribution in [0.4, 0.5) is 10.1 Å². The number of hydrogen-bond donors (Lipinski definition) is 1. The topological polar surface area (TPSA) is 93.1 Å². The number of aliphatic hydroxyl groups excluding tert-OH is 1. The fourth-order valence-electron chi connectivity index (χ4n) is 4.21. The Bertz CT molecular complexity index is 1330. The molecule has 4 rings (SSSR count). The normalized spacial score (nSPS) is 16.8. The summed E-state index contributed by atoms with van der Waals surface area (Å²) >= 11 is 0. The van der Waals surface area contributed by atoms with Gasteiger partial charge in [0, 0.05) is 5.69 Å². The molecule has 7 nitrogen and oxygen atoms in total. The second-order valence-electron chi connectivity index (χ2n) is 8.07. The van der Waals surface area contributed by atoms with E-state index in [1.165, 1.54) is 24.1 Å². The predicted molar refractivity (Wildman–Crippen MR) is 131 cm³/mol. The maximum atomic E-state index is 14.1. The summed E-state index contributed by atoms with van der Waals surface area (Å²) in [6, 6.07) is 17.9. The van der Waals surface area contributed by atoms with Gasteiger partial charge in [0.05, 0.1) is 37.3 Å². The summed E-state index contributed by atoms with van der Waals surface area (Å²) in [5.74, 6) is -3.17. The summed E-state index contributed by atoms with van der Waals surface area (Å²) in [4.78, 5) is 39.6. The van der Waals surface area contributed by atoms with Gasteiger partial charge in [0.15, 0.2) is 0 Å². The number of carbonyl (C=O) groups excluding carboxylic acids is 3. The Balaban J connectivity index is 1.83. The molecule has 8 heteroatoms. The van der Waals surface area contributed by atoms with Crippen molar-refractivity contribution in [3.8, 4) is 5.75 Å². The lowest BCUT2D eigenvalue weighted by atomic mass is 9.94. The van der Waals surface area contributed by atoms with Gasteiger partial charge in [-0.2, -0.15) is 0 Å². The lowest BCUT2D eigenvalue weighted by Gasteiger charge is -2.25. The van der Waals surface area contributed by atoms with Gasteiger partial charge in [-0.3, -0.25) is 19.3 Å². The number of amides is 1. The predicted octanol–water partition coefficient (Wildman–Crippen LogP) is 4.57. The van der Waals surface area contributed by atoms with Crippen LogP contribution in [0.2, 0.25) is 0 Å². The molecular weight excluding hydrogens is 465 g/mol. The monoisotopic (exact) mass is 489 g/mol. The molecule has 0 bridgehead atoms. The number of halogens is 1. The van der Waals surface area contributed by atoms with Gasteiger partial charge in [-0.15, -0.1) is 0 Å². The third kappa shape index (κ3) is 4.70. The van der Waals surface area contributed by atoms with Crippen LogP contribution in [0.15, 0.2) is 78.4 Å². The molecule has 0 aromatic heterocycles. The number of carbonyl (C=O) groups is 3. The Morgan fingerprint density at radius 3 is 2.36 bits per heavy atom. The average molecular weight is 489 g/mol. The van der Waals surface area contributed by atoms with Gasteiger partial charge in [0.25, 0.3) is 11.7 Å². The smallest absolute Gasteiger partial charge is 0.310 e. The quantitative estimate of drug-likeness (QED) is 0.226. The highest BCUT2D eigenvalue weighted by Gasteiger charge is 2.47. The van der Waals surface area contributed by atoms with Crippen molar-refractivity contribution in [2.75, 3.05) is 18.6 Å². The number of esters is 1. The van der Waals surface area contributed by atoms with Crippen LogP contribution in [-0.2, 0) is 25.5 Å². The van der Waals surface area contributed by atoms with Crippen LogP contribution < -0.4 is 9.64 Å². The molecule has 0 radical (unpaired) electrons. The van der Waals surface area contributed by atoms with Crippen molar-refractivity contribution in [1.82, 2.24) is 0 Å². The zero-order chi connectivity index (χ0) is 25.8. The summed E-state index contributed by atoms with van der Waals surface area (Å²) in [6.45, 7) is 2.00. The molecule has 0 saturated carbocycles. The van der Waals surface area contributed by atoms with E-state index in [-0.39, 0.29) is 35.9 Å². The van der Waals surface area contributed by atoms with Crippen LogP contribution in [0.5, 0.6) is 5.75 Å². The molecule has 3 aromatic rings. The number of rotatable bonds is 7. The van der Waals surface area contributed by atoms with Crippen molar-refractivity contribution in [3.05, 3.63) is 101 Å². The van der Waals surface area contributed by atoms with Crippen LogP contribution in [0.25, 0.3) is 5.76 Å². The largest absolute Gasteiger partial charge is 0.507 e. The molecule has 3 aromatic carbocycles. The third-order valence-corrected chi connectivity index (χ3v) is 5.84. The Labute approximate surface area is 207 Å². The van der Waals surface area contributed by atoms with Crippen molar-refractivity contribution >= 4 is 29.1 Å². The molecule has 1 aliphatic heterocycles. The van der Waals surface area contributed by atoms with Crippen LogP contribution in [0.3, 0.4) is 0 Å². The molecular formula is C28H24FNO6. The molecule has 1 heterocycles. The molecule has 36 heavy (non-hydrogen) atoms. The molecule has 1 amide bonds. The second kappa shape index (κ2) is 10.4. The summed E-state index contributed by atoms with van der Waals surface area (Å²) in [6.07, 6.45) is 0.0639. The maximum Gasteiger partial charge on any atom is 0.310 e. The Morgan fingerprint density at radius 1 is 1.03 bits per heavy atom. The van der Waals surface area contributed by atoms with E-state index in [0.29, 0.717) is 16.8 Å². The highest BCUT2D eigenvalue weighted by Crippen LogP contribution is 2.43. The minimum Gasteiger partial charge on any atom is -0.507 e. The highest BCUT2D eigenvalue weighted by molar-refractivity contribution is 6.51. The minimum absolute atomic E-state index is 0.0405. The number of benzene rings is 3. The Morgan fingerprint density at radius 2 is 1.72 bits per heavy atom.